The number of hydrogen-bond donors (Lipinski definition) is 1. The number of amides is 2. The quantitative estimate of drug-likeness (QED) is 0.834. The summed E-state index contributed by atoms with van der Waals surface area (Å²) in [6, 6.07) is 1.36. The predicted octanol–water partition coefficient (Wildman–Crippen LogP) is 0.558. The van der Waals surface area contributed by atoms with Gasteiger partial charge in [0.25, 0.3) is 5.91 Å². The third kappa shape index (κ3) is 2.47. The molecule has 1 saturated heterocycles. The lowest BCUT2D eigenvalue weighted by Crippen LogP contribution is -2.42. The summed E-state index contributed by atoms with van der Waals surface area (Å²) in [5.41, 5.74) is 5.23. The molecule has 1 aromatic heterocycles. The molecule has 2 amide bonds. The highest BCUT2D eigenvalue weighted by atomic mass is 19.1. The molecule has 0 saturated carbocycles. The Morgan fingerprint density at radius 3 is 2.61 bits per heavy atom. The normalized spacial score (nSPS) is 16.6. The zero-order chi connectivity index (χ0) is 13.1. The second-order valence-electron chi connectivity index (χ2n) is 4.32. The van der Waals surface area contributed by atoms with Gasteiger partial charge in [-0.25, -0.2) is 4.39 Å². The number of nitrogens with two attached hydrogens (primary N) is 1. The minimum Gasteiger partial charge on any atom is -0.369 e. The van der Waals surface area contributed by atoms with E-state index in [1.807, 2.05) is 0 Å². The molecule has 96 valence electrons. The van der Waals surface area contributed by atoms with Crippen LogP contribution in [-0.4, -0.2) is 34.8 Å². The molecule has 0 spiro atoms. The first-order chi connectivity index (χ1) is 8.59. The van der Waals surface area contributed by atoms with E-state index < -0.39 is 5.82 Å². The van der Waals surface area contributed by atoms with Crippen molar-refractivity contribution in [3.63, 3.8) is 0 Å². The van der Waals surface area contributed by atoms with Crippen molar-refractivity contribution in [3.8, 4) is 0 Å². The Balaban J connectivity index is 2.04. The van der Waals surface area contributed by atoms with Crippen molar-refractivity contribution in [1.29, 1.82) is 0 Å². The molecule has 0 aromatic carbocycles. The smallest absolute Gasteiger partial charge is 0.256 e. The Bertz CT molecular complexity index is 470. The summed E-state index contributed by atoms with van der Waals surface area (Å²) in [6.45, 7) is 0.850. The zero-order valence-corrected chi connectivity index (χ0v) is 9.80. The number of pyridine rings is 1. The number of carbonyl (C=O) groups excluding carboxylic acids is 2. The van der Waals surface area contributed by atoms with Crippen molar-refractivity contribution in [1.82, 2.24) is 9.88 Å². The van der Waals surface area contributed by atoms with Gasteiger partial charge in [-0.3, -0.25) is 14.6 Å². The first-order valence-corrected chi connectivity index (χ1v) is 5.77. The molecule has 1 aliphatic rings. The number of primary amides is 1. The van der Waals surface area contributed by atoms with Crippen molar-refractivity contribution in [3.05, 3.63) is 29.8 Å². The van der Waals surface area contributed by atoms with Crippen molar-refractivity contribution in [2.24, 2.45) is 11.7 Å². The maximum atomic E-state index is 13.4. The van der Waals surface area contributed by atoms with Crippen LogP contribution in [0.1, 0.15) is 23.2 Å². The molecular formula is C12H14FN3O2. The Labute approximate surface area is 104 Å². The maximum Gasteiger partial charge on any atom is 0.256 e. The summed E-state index contributed by atoms with van der Waals surface area (Å²) in [5.74, 6) is -1.51. The van der Waals surface area contributed by atoms with E-state index in [4.69, 9.17) is 5.73 Å². The molecule has 6 heteroatoms. The van der Waals surface area contributed by atoms with E-state index in [0.717, 1.165) is 6.20 Å². The summed E-state index contributed by atoms with van der Waals surface area (Å²) in [6.07, 6.45) is 3.47. The number of carbonyl (C=O) groups is 2. The fraction of sp³-hybridized carbons (Fsp3) is 0.417. The molecule has 2 rings (SSSR count). The summed E-state index contributed by atoms with van der Waals surface area (Å²) in [5, 5.41) is 0. The number of halogens is 1. The largest absolute Gasteiger partial charge is 0.369 e. The lowest BCUT2D eigenvalue weighted by Gasteiger charge is -2.30. The third-order valence-corrected chi connectivity index (χ3v) is 3.19. The number of piperidine rings is 1. The summed E-state index contributed by atoms with van der Waals surface area (Å²) in [4.78, 5) is 28.2. The van der Waals surface area contributed by atoms with Gasteiger partial charge in [0.15, 0.2) is 5.82 Å². The molecule has 0 radical (unpaired) electrons. The number of hydrogen-bond acceptors (Lipinski definition) is 3. The molecule has 18 heavy (non-hydrogen) atoms. The summed E-state index contributed by atoms with van der Waals surface area (Å²) < 4.78 is 13.4. The molecular weight excluding hydrogens is 237 g/mol. The first-order valence-electron chi connectivity index (χ1n) is 5.77. The van der Waals surface area contributed by atoms with Crippen molar-refractivity contribution in [2.75, 3.05) is 13.1 Å². The lowest BCUT2D eigenvalue weighted by atomic mass is 9.96. The van der Waals surface area contributed by atoms with E-state index in [2.05, 4.69) is 4.98 Å². The van der Waals surface area contributed by atoms with Gasteiger partial charge in [-0.05, 0) is 18.9 Å². The number of nitrogens with zero attached hydrogens (tertiary/aromatic N) is 2. The highest BCUT2D eigenvalue weighted by Gasteiger charge is 2.27. The Morgan fingerprint density at radius 1 is 1.39 bits per heavy atom. The van der Waals surface area contributed by atoms with Crippen molar-refractivity contribution in [2.45, 2.75) is 12.8 Å². The van der Waals surface area contributed by atoms with E-state index in [9.17, 15) is 14.0 Å². The molecule has 0 aliphatic carbocycles. The topological polar surface area (TPSA) is 76.3 Å². The van der Waals surface area contributed by atoms with Crippen molar-refractivity contribution >= 4 is 11.8 Å². The molecule has 5 nitrogen and oxygen atoms in total. The van der Waals surface area contributed by atoms with Crippen LogP contribution in [0.5, 0.6) is 0 Å². The van der Waals surface area contributed by atoms with Crippen molar-refractivity contribution < 1.29 is 14.0 Å². The Kier molecular flexibility index (Phi) is 3.55. The van der Waals surface area contributed by atoms with Crippen LogP contribution in [0.2, 0.25) is 0 Å². The number of aromatic nitrogens is 1. The van der Waals surface area contributed by atoms with Gasteiger partial charge < -0.3 is 10.6 Å². The predicted molar refractivity (Wildman–Crippen MR) is 62.0 cm³/mol. The lowest BCUT2D eigenvalue weighted by molar-refractivity contribution is -0.123. The van der Waals surface area contributed by atoms with Crippen LogP contribution < -0.4 is 5.73 Å². The van der Waals surface area contributed by atoms with Crippen LogP contribution in [0.25, 0.3) is 0 Å². The first kappa shape index (κ1) is 12.5. The molecule has 2 N–H and O–H groups in total. The average molecular weight is 251 g/mol. The van der Waals surface area contributed by atoms with Gasteiger partial charge in [-0.15, -0.1) is 0 Å². The summed E-state index contributed by atoms with van der Waals surface area (Å²) >= 11 is 0. The van der Waals surface area contributed by atoms with Gasteiger partial charge in [0.05, 0.1) is 11.8 Å². The highest BCUT2D eigenvalue weighted by molar-refractivity contribution is 5.94. The van der Waals surface area contributed by atoms with Gasteiger partial charge >= 0.3 is 0 Å². The SMILES string of the molecule is NC(=O)C1CCN(C(=O)c2ccncc2F)CC1. The minimum absolute atomic E-state index is 0.0162. The fourth-order valence-corrected chi connectivity index (χ4v) is 2.09. The highest BCUT2D eigenvalue weighted by Crippen LogP contribution is 2.19. The van der Waals surface area contributed by atoms with E-state index >= 15 is 0 Å². The second kappa shape index (κ2) is 5.12. The van der Waals surface area contributed by atoms with Gasteiger partial charge in [-0.1, -0.05) is 0 Å². The Hall–Kier alpha value is -1.98. The maximum absolute atomic E-state index is 13.4. The Morgan fingerprint density at radius 2 is 2.06 bits per heavy atom. The zero-order valence-electron chi connectivity index (χ0n) is 9.80. The standard InChI is InChI=1S/C12H14FN3O2/c13-10-7-15-4-1-9(10)12(18)16-5-2-8(3-6-16)11(14)17/h1,4,7-8H,2-3,5-6H2,(H2,14,17). The number of rotatable bonds is 2. The average Bonchev–Trinajstić information content (AvgIpc) is 2.38. The molecule has 1 aromatic rings. The molecule has 0 atom stereocenters. The van der Waals surface area contributed by atoms with Gasteiger partial charge in [0.1, 0.15) is 0 Å². The van der Waals surface area contributed by atoms with Crippen LogP contribution in [-0.2, 0) is 4.79 Å². The second-order valence-corrected chi connectivity index (χ2v) is 4.32. The molecule has 1 fully saturated rings. The van der Waals surface area contributed by atoms with E-state index in [1.54, 1.807) is 0 Å². The fourth-order valence-electron chi connectivity index (χ4n) is 2.09. The van der Waals surface area contributed by atoms with Gasteiger partial charge in [0.2, 0.25) is 5.91 Å². The number of likely N-dealkylation sites (tertiary alicyclic amines) is 1. The van der Waals surface area contributed by atoms with Crippen LogP contribution in [0.4, 0.5) is 4.39 Å². The van der Waals surface area contributed by atoms with Crippen LogP contribution in [0.15, 0.2) is 18.5 Å². The monoisotopic (exact) mass is 251 g/mol. The van der Waals surface area contributed by atoms with Crippen LogP contribution in [0.3, 0.4) is 0 Å². The van der Waals surface area contributed by atoms with Gasteiger partial charge in [0, 0.05) is 25.2 Å². The van der Waals surface area contributed by atoms with Gasteiger partial charge in [-0.2, -0.15) is 0 Å². The molecule has 0 unspecified atom stereocenters. The summed E-state index contributed by atoms with van der Waals surface area (Å²) in [7, 11) is 0. The van der Waals surface area contributed by atoms with E-state index in [-0.39, 0.29) is 23.3 Å². The molecule has 0 bridgehead atoms. The third-order valence-electron chi connectivity index (χ3n) is 3.19. The van der Waals surface area contributed by atoms with E-state index in [0.29, 0.717) is 25.9 Å². The van der Waals surface area contributed by atoms with E-state index in [1.165, 1.54) is 17.2 Å². The molecule has 1 aliphatic heterocycles. The molecule has 2 heterocycles. The van der Waals surface area contributed by atoms with Crippen LogP contribution in [0, 0.1) is 11.7 Å². The minimum atomic E-state index is -0.625. The van der Waals surface area contributed by atoms with Crippen LogP contribution >= 0.6 is 0 Å².